The third kappa shape index (κ3) is 2.76. The maximum Gasteiger partial charge on any atom is 0.257 e. The molecule has 106 valence electrons. The smallest absolute Gasteiger partial charge is 0.257 e. The number of aromatic amines is 1. The number of carbonyl (C=O) groups is 1. The highest BCUT2D eigenvalue weighted by molar-refractivity contribution is 5.95. The number of aromatic nitrogens is 3. The van der Waals surface area contributed by atoms with E-state index in [1.165, 1.54) is 17.0 Å². The van der Waals surface area contributed by atoms with Gasteiger partial charge in [0.25, 0.3) is 5.91 Å². The summed E-state index contributed by atoms with van der Waals surface area (Å²) in [7, 11) is 1.56. The number of halogens is 1. The van der Waals surface area contributed by atoms with Gasteiger partial charge < -0.3 is 10.6 Å². The lowest BCUT2D eigenvalue weighted by molar-refractivity contribution is 0.0777. The van der Waals surface area contributed by atoms with Crippen LogP contribution in [0.3, 0.4) is 0 Å². The molecular weight excluding hydrogens is 261 g/mol. The van der Waals surface area contributed by atoms with Crippen LogP contribution in [-0.2, 0) is 6.54 Å². The van der Waals surface area contributed by atoms with Crippen LogP contribution in [0.25, 0.3) is 0 Å². The molecule has 0 aliphatic rings. The van der Waals surface area contributed by atoms with Crippen molar-refractivity contribution in [3.05, 3.63) is 40.7 Å². The zero-order chi connectivity index (χ0) is 14.9. The van der Waals surface area contributed by atoms with Gasteiger partial charge in [-0.25, -0.2) is 9.37 Å². The predicted octanol–water partition coefficient (Wildman–Crippen LogP) is 1.42. The maximum atomic E-state index is 14.0. The molecular formula is C13H16FN5O. The van der Waals surface area contributed by atoms with E-state index in [9.17, 15) is 9.18 Å². The number of H-pyrrole nitrogens is 1. The number of benzene rings is 1. The summed E-state index contributed by atoms with van der Waals surface area (Å²) in [6.45, 7) is 3.52. The second-order valence-corrected chi connectivity index (χ2v) is 4.70. The normalized spacial score (nSPS) is 10.6. The van der Waals surface area contributed by atoms with Gasteiger partial charge in [-0.1, -0.05) is 0 Å². The van der Waals surface area contributed by atoms with Gasteiger partial charge in [0, 0.05) is 12.7 Å². The Morgan fingerprint density at radius 3 is 2.75 bits per heavy atom. The van der Waals surface area contributed by atoms with Crippen molar-refractivity contribution >= 4 is 11.6 Å². The fraction of sp³-hybridized carbons (Fsp3) is 0.308. The molecule has 0 saturated heterocycles. The number of hydrogen-bond donors (Lipinski definition) is 2. The summed E-state index contributed by atoms with van der Waals surface area (Å²) in [5.41, 5.74) is 6.31. The molecule has 20 heavy (non-hydrogen) atoms. The monoisotopic (exact) mass is 277 g/mol. The first-order chi connectivity index (χ1) is 9.38. The van der Waals surface area contributed by atoms with Crippen molar-refractivity contribution in [2.45, 2.75) is 20.4 Å². The van der Waals surface area contributed by atoms with E-state index in [1.807, 2.05) is 0 Å². The van der Waals surface area contributed by atoms with Gasteiger partial charge in [0.05, 0.1) is 12.1 Å². The Labute approximate surface area is 115 Å². The summed E-state index contributed by atoms with van der Waals surface area (Å²) in [6.07, 6.45) is 0. The molecule has 3 N–H and O–H groups in total. The van der Waals surface area contributed by atoms with E-state index in [0.29, 0.717) is 22.9 Å². The molecule has 1 aromatic heterocycles. The lowest BCUT2D eigenvalue weighted by atomic mass is 10.1. The first-order valence-electron chi connectivity index (χ1n) is 6.07. The van der Waals surface area contributed by atoms with E-state index in [-0.39, 0.29) is 12.1 Å². The molecule has 0 aliphatic carbocycles. The van der Waals surface area contributed by atoms with E-state index >= 15 is 0 Å². The molecule has 0 fully saturated rings. The summed E-state index contributed by atoms with van der Waals surface area (Å²) in [5.74, 6) is 0.119. The number of nitrogen functional groups attached to an aromatic ring is 1. The van der Waals surface area contributed by atoms with Crippen LogP contribution in [0.15, 0.2) is 12.1 Å². The van der Waals surface area contributed by atoms with Gasteiger partial charge in [0.2, 0.25) is 0 Å². The van der Waals surface area contributed by atoms with Crippen LogP contribution in [-0.4, -0.2) is 33.0 Å². The van der Waals surface area contributed by atoms with E-state index in [0.717, 1.165) is 0 Å². The number of aryl methyl sites for hydroxylation is 2. The van der Waals surface area contributed by atoms with Gasteiger partial charge >= 0.3 is 0 Å². The van der Waals surface area contributed by atoms with Crippen LogP contribution in [0, 0.1) is 19.7 Å². The first kappa shape index (κ1) is 14.0. The van der Waals surface area contributed by atoms with Crippen molar-refractivity contribution in [2.75, 3.05) is 12.8 Å². The van der Waals surface area contributed by atoms with Crippen LogP contribution in [0.1, 0.15) is 27.6 Å². The second-order valence-electron chi connectivity index (χ2n) is 4.70. The maximum absolute atomic E-state index is 14.0. The Hall–Kier alpha value is -2.44. The van der Waals surface area contributed by atoms with Crippen molar-refractivity contribution in [3.8, 4) is 0 Å². The summed E-state index contributed by atoms with van der Waals surface area (Å²) in [4.78, 5) is 17.7. The van der Waals surface area contributed by atoms with E-state index in [1.54, 1.807) is 20.9 Å². The molecule has 0 spiro atoms. The Kier molecular flexibility index (Phi) is 3.69. The number of nitrogens with two attached hydrogens (primary N) is 1. The molecule has 1 heterocycles. The molecule has 0 unspecified atom stereocenters. The summed E-state index contributed by atoms with van der Waals surface area (Å²) >= 11 is 0. The minimum atomic E-state index is -0.554. The van der Waals surface area contributed by atoms with Gasteiger partial charge in [0.1, 0.15) is 11.6 Å². The number of anilines is 1. The van der Waals surface area contributed by atoms with Gasteiger partial charge in [-0.15, -0.1) is 0 Å². The molecule has 0 bridgehead atoms. The molecule has 0 atom stereocenters. The highest BCUT2D eigenvalue weighted by Crippen LogP contribution is 2.18. The number of nitrogens with one attached hydrogen (secondary N) is 1. The molecule has 0 radical (unpaired) electrons. The summed E-state index contributed by atoms with van der Waals surface area (Å²) in [6, 6.07) is 2.83. The Morgan fingerprint density at radius 2 is 2.15 bits per heavy atom. The van der Waals surface area contributed by atoms with Crippen LogP contribution in [0.4, 0.5) is 10.1 Å². The summed E-state index contributed by atoms with van der Waals surface area (Å²) in [5, 5.41) is 6.63. The Bertz CT molecular complexity index is 652. The van der Waals surface area contributed by atoms with E-state index < -0.39 is 11.7 Å². The van der Waals surface area contributed by atoms with Crippen LogP contribution < -0.4 is 5.73 Å². The van der Waals surface area contributed by atoms with Crippen LogP contribution in [0.5, 0.6) is 0 Å². The van der Waals surface area contributed by atoms with Gasteiger partial charge in [-0.2, -0.15) is 5.10 Å². The molecule has 6 nitrogen and oxygen atoms in total. The second kappa shape index (κ2) is 5.28. The minimum absolute atomic E-state index is 0.0442. The fourth-order valence-electron chi connectivity index (χ4n) is 1.90. The number of amides is 1. The highest BCUT2D eigenvalue weighted by Gasteiger charge is 2.19. The van der Waals surface area contributed by atoms with Crippen molar-refractivity contribution < 1.29 is 9.18 Å². The first-order valence-corrected chi connectivity index (χ1v) is 6.07. The third-order valence-corrected chi connectivity index (χ3v) is 2.88. The number of hydrogen-bond acceptors (Lipinski definition) is 4. The SMILES string of the molecule is Cc1nc(CN(C)C(=O)c2cc(N)cc(C)c2F)n[nH]1. The van der Waals surface area contributed by atoms with E-state index in [4.69, 9.17) is 5.73 Å². The molecule has 1 amide bonds. The third-order valence-electron chi connectivity index (χ3n) is 2.88. The largest absolute Gasteiger partial charge is 0.399 e. The molecule has 2 aromatic rings. The fourth-order valence-corrected chi connectivity index (χ4v) is 1.90. The van der Waals surface area contributed by atoms with Crippen LogP contribution in [0.2, 0.25) is 0 Å². The predicted molar refractivity (Wildman–Crippen MR) is 72.5 cm³/mol. The molecule has 0 saturated carbocycles. The minimum Gasteiger partial charge on any atom is -0.399 e. The Morgan fingerprint density at radius 1 is 1.45 bits per heavy atom. The number of nitrogens with zero attached hydrogens (tertiary/aromatic N) is 3. The molecule has 7 heteroatoms. The van der Waals surface area contributed by atoms with Gasteiger partial charge in [0.15, 0.2) is 5.82 Å². The topological polar surface area (TPSA) is 87.9 Å². The van der Waals surface area contributed by atoms with Gasteiger partial charge in [-0.3, -0.25) is 9.89 Å². The summed E-state index contributed by atoms with van der Waals surface area (Å²) < 4.78 is 14.0. The lowest BCUT2D eigenvalue weighted by Crippen LogP contribution is -2.28. The average molecular weight is 277 g/mol. The average Bonchev–Trinajstić information content (AvgIpc) is 2.78. The molecule has 1 aromatic carbocycles. The number of rotatable bonds is 3. The van der Waals surface area contributed by atoms with Crippen molar-refractivity contribution in [1.82, 2.24) is 20.1 Å². The number of carbonyl (C=O) groups excluding carboxylic acids is 1. The van der Waals surface area contributed by atoms with Crippen LogP contribution >= 0.6 is 0 Å². The highest BCUT2D eigenvalue weighted by atomic mass is 19.1. The van der Waals surface area contributed by atoms with E-state index in [2.05, 4.69) is 15.2 Å². The van der Waals surface area contributed by atoms with Crippen molar-refractivity contribution in [3.63, 3.8) is 0 Å². The van der Waals surface area contributed by atoms with Crippen molar-refractivity contribution in [2.24, 2.45) is 0 Å². The Balaban J connectivity index is 2.22. The zero-order valence-corrected chi connectivity index (χ0v) is 11.6. The quantitative estimate of drug-likeness (QED) is 0.830. The van der Waals surface area contributed by atoms with Crippen molar-refractivity contribution in [1.29, 1.82) is 0 Å². The lowest BCUT2D eigenvalue weighted by Gasteiger charge is -2.16. The molecule has 0 aliphatic heterocycles. The zero-order valence-electron chi connectivity index (χ0n) is 11.6. The molecule has 2 rings (SSSR count). The standard InChI is InChI=1S/C13H16FN5O/c1-7-4-9(15)5-10(12(7)14)13(20)19(3)6-11-16-8(2)17-18-11/h4-5H,6,15H2,1-3H3,(H,16,17,18). The van der Waals surface area contributed by atoms with Gasteiger partial charge in [-0.05, 0) is 31.5 Å².